The minimum absolute atomic E-state index is 0.250. The number of carbonyl (C=O) groups excluding carboxylic acids is 1. The Balaban J connectivity index is 1.81. The Kier molecular flexibility index (Phi) is 3.01. The first-order valence-electron chi connectivity index (χ1n) is 6.07. The number of amides is 1. The average Bonchev–Trinajstić information content (AvgIpc) is 2.74. The highest BCUT2D eigenvalue weighted by Gasteiger charge is 2.34. The number of β-amino-alcohol motifs (C(OH)–C–C–N with tert-alkyl or cyclic N) is 1. The molecule has 2 rings (SSSR count). The molecule has 86 valence electrons. The summed E-state index contributed by atoms with van der Waals surface area (Å²) >= 11 is 0. The van der Waals surface area contributed by atoms with Crippen molar-refractivity contribution in [3.8, 4) is 0 Å². The van der Waals surface area contributed by atoms with Gasteiger partial charge in [0.1, 0.15) is 0 Å². The summed E-state index contributed by atoms with van der Waals surface area (Å²) in [5, 5.41) is 9.78. The molecule has 1 unspecified atom stereocenters. The molecule has 1 atom stereocenters. The van der Waals surface area contributed by atoms with Crippen LogP contribution in [0.2, 0.25) is 0 Å². The zero-order valence-corrected chi connectivity index (χ0v) is 9.54. The third-order valence-electron chi connectivity index (χ3n) is 3.74. The van der Waals surface area contributed by atoms with Crippen LogP contribution in [0.15, 0.2) is 0 Å². The van der Waals surface area contributed by atoms with Crippen LogP contribution >= 0.6 is 0 Å². The Bertz CT molecular complexity index is 244. The minimum Gasteiger partial charge on any atom is -0.388 e. The summed E-state index contributed by atoms with van der Waals surface area (Å²) in [5.41, 5.74) is -0.647. The Morgan fingerprint density at radius 3 is 2.67 bits per heavy atom. The third kappa shape index (κ3) is 2.71. The molecule has 1 aliphatic carbocycles. The third-order valence-corrected chi connectivity index (χ3v) is 3.74. The Hall–Kier alpha value is -0.570. The van der Waals surface area contributed by atoms with E-state index >= 15 is 0 Å². The van der Waals surface area contributed by atoms with E-state index in [1.165, 1.54) is 25.7 Å². The molecule has 0 aromatic heterocycles. The second kappa shape index (κ2) is 4.12. The van der Waals surface area contributed by atoms with Crippen molar-refractivity contribution in [1.29, 1.82) is 0 Å². The van der Waals surface area contributed by atoms with Crippen molar-refractivity contribution < 1.29 is 9.90 Å². The van der Waals surface area contributed by atoms with Gasteiger partial charge in [-0.3, -0.25) is 4.79 Å². The van der Waals surface area contributed by atoms with E-state index in [0.29, 0.717) is 18.9 Å². The van der Waals surface area contributed by atoms with E-state index in [-0.39, 0.29) is 5.91 Å². The zero-order chi connectivity index (χ0) is 10.9. The largest absolute Gasteiger partial charge is 0.388 e. The summed E-state index contributed by atoms with van der Waals surface area (Å²) in [6, 6.07) is 0. The van der Waals surface area contributed by atoms with Crippen molar-refractivity contribution in [1.82, 2.24) is 4.90 Å². The number of hydrogen-bond donors (Lipinski definition) is 1. The van der Waals surface area contributed by atoms with Crippen molar-refractivity contribution >= 4 is 5.91 Å². The highest BCUT2D eigenvalue weighted by Crippen LogP contribution is 2.29. The highest BCUT2D eigenvalue weighted by atomic mass is 16.3. The number of aliphatic hydroxyl groups is 1. The Labute approximate surface area is 91.5 Å². The van der Waals surface area contributed by atoms with Gasteiger partial charge in [0, 0.05) is 19.5 Å². The van der Waals surface area contributed by atoms with Crippen LogP contribution in [0.1, 0.15) is 45.4 Å². The van der Waals surface area contributed by atoms with E-state index in [9.17, 15) is 9.90 Å². The number of hydrogen-bond acceptors (Lipinski definition) is 2. The van der Waals surface area contributed by atoms with Gasteiger partial charge in [0.2, 0.25) is 5.91 Å². The molecule has 1 saturated heterocycles. The molecule has 0 radical (unpaired) electrons. The molecule has 1 amide bonds. The molecule has 0 aromatic rings. The van der Waals surface area contributed by atoms with Gasteiger partial charge >= 0.3 is 0 Å². The number of nitrogens with zero attached hydrogens (tertiary/aromatic N) is 1. The summed E-state index contributed by atoms with van der Waals surface area (Å²) < 4.78 is 0. The molecule has 3 heteroatoms. The average molecular weight is 211 g/mol. The van der Waals surface area contributed by atoms with Crippen molar-refractivity contribution in [2.24, 2.45) is 5.92 Å². The van der Waals surface area contributed by atoms with E-state index in [4.69, 9.17) is 0 Å². The zero-order valence-electron chi connectivity index (χ0n) is 9.54. The van der Waals surface area contributed by atoms with Crippen LogP contribution in [0, 0.1) is 5.92 Å². The molecule has 1 saturated carbocycles. The van der Waals surface area contributed by atoms with Gasteiger partial charge in [-0.05, 0) is 32.1 Å². The van der Waals surface area contributed by atoms with Crippen LogP contribution in [0.4, 0.5) is 0 Å². The lowest BCUT2D eigenvalue weighted by Gasteiger charge is -2.20. The SMILES string of the molecule is CC1(O)CCN(C(=O)CC2CCCC2)C1. The van der Waals surface area contributed by atoms with Crippen molar-refractivity contribution in [3.63, 3.8) is 0 Å². The maximum Gasteiger partial charge on any atom is 0.222 e. The standard InChI is InChI=1S/C12H21NO2/c1-12(15)6-7-13(9-12)11(14)8-10-4-2-3-5-10/h10,15H,2-9H2,1H3. The van der Waals surface area contributed by atoms with Gasteiger partial charge in [-0.25, -0.2) is 0 Å². The molecule has 1 heterocycles. The second-order valence-electron chi connectivity index (χ2n) is 5.42. The molecule has 1 aliphatic heterocycles. The Morgan fingerprint density at radius 2 is 2.13 bits per heavy atom. The fraction of sp³-hybridized carbons (Fsp3) is 0.917. The van der Waals surface area contributed by atoms with Crippen LogP contribution < -0.4 is 0 Å². The molecular formula is C12H21NO2. The van der Waals surface area contributed by atoms with Gasteiger partial charge in [0.15, 0.2) is 0 Å². The molecule has 3 nitrogen and oxygen atoms in total. The molecule has 0 bridgehead atoms. The minimum atomic E-state index is -0.647. The summed E-state index contributed by atoms with van der Waals surface area (Å²) in [4.78, 5) is 13.7. The molecule has 1 N–H and O–H groups in total. The van der Waals surface area contributed by atoms with E-state index < -0.39 is 5.60 Å². The van der Waals surface area contributed by atoms with Gasteiger partial charge in [0.25, 0.3) is 0 Å². The normalized spacial score (nSPS) is 32.5. The fourth-order valence-electron chi connectivity index (χ4n) is 2.75. The van der Waals surface area contributed by atoms with Gasteiger partial charge in [0.05, 0.1) is 5.60 Å². The molecule has 2 fully saturated rings. The van der Waals surface area contributed by atoms with Gasteiger partial charge in [-0.1, -0.05) is 12.8 Å². The number of likely N-dealkylation sites (tertiary alicyclic amines) is 1. The Morgan fingerprint density at radius 1 is 1.47 bits per heavy atom. The van der Waals surface area contributed by atoms with Crippen LogP contribution in [0.5, 0.6) is 0 Å². The first kappa shape index (κ1) is 10.9. The lowest BCUT2D eigenvalue weighted by atomic mass is 10.0. The van der Waals surface area contributed by atoms with Crippen LogP contribution in [-0.2, 0) is 4.79 Å². The van der Waals surface area contributed by atoms with Gasteiger partial charge < -0.3 is 10.0 Å². The lowest BCUT2D eigenvalue weighted by Crippen LogP contribution is -2.34. The van der Waals surface area contributed by atoms with Gasteiger partial charge in [-0.15, -0.1) is 0 Å². The summed E-state index contributed by atoms with van der Waals surface area (Å²) in [5.74, 6) is 0.864. The predicted molar refractivity (Wildman–Crippen MR) is 58.4 cm³/mol. The van der Waals surface area contributed by atoms with E-state index in [2.05, 4.69) is 0 Å². The molecule has 2 aliphatic rings. The summed E-state index contributed by atoms with van der Waals surface area (Å²) in [7, 11) is 0. The van der Waals surface area contributed by atoms with Crippen LogP contribution in [-0.4, -0.2) is 34.6 Å². The monoisotopic (exact) mass is 211 g/mol. The molecule has 15 heavy (non-hydrogen) atoms. The van der Waals surface area contributed by atoms with E-state index in [1.807, 2.05) is 11.8 Å². The van der Waals surface area contributed by atoms with Gasteiger partial charge in [-0.2, -0.15) is 0 Å². The first-order valence-corrected chi connectivity index (χ1v) is 6.07. The summed E-state index contributed by atoms with van der Waals surface area (Å²) in [6.07, 6.45) is 6.44. The molecular weight excluding hydrogens is 190 g/mol. The smallest absolute Gasteiger partial charge is 0.222 e. The first-order chi connectivity index (χ1) is 7.07. The number of carbonyl (C=O) groups is 1. The van der Waals surface area contributed by atoms with Crippen molar-refractivity contribution in [2.75, 3.05) is 13.1 Å². The quantitative estimate of drug-likeness (QED) is 0.753. The van der Waals surface area contributed by atoms with E-state index in [1.54, 1.807) is 0 Å². The van der Waals surface area contributed by atoms with Crippen molar-refractivity contribution in [2.45, 2.75) is 51.0 Å². The van der Waals surface area contributed by atoms with Crippen molar-refractivity contribution in [3.05, 3.63) is 0 Å². The topological polar surface area (TPSA) is 40.5 Å². The number of rotatable bonds is 2. The predicted octanol–water partition coefficient (Wildman–Crippen LogP) is 1.55. The van der Waals surface area contributed by atoms with Crippen LogP contribution in [0.3, 0.4) is 0 Å². The second-order valence-corrected chi connectivity index (χ2v) is 5.42. The lowest BCUT2D eigenvalue weighted by molar-refractivity contribution is -0.132. The maximum absolute atomic E-state index is 11.9. The highest BCUT2D eigenvalue weighted by molar-refractivity contribution is 5.76. The summed E-state index contributed by atoms with van der Waals surface area (Å²) in [6.45, 7) is 3.08. The fourth-order valence-corrected chi connectivity index (χ4v) is 2.75. The van der Waals surface area contributed by atoms with E-state index in [0.717, 1.165) is 13.0 Å². The molecule has 0 aromatic carbocycles. The molecule has 0 spiro atoms. The van der Waals surface area contributed by atoms with Crippen LogP contribution in [0.25, 0.3) is 0 Å². The maximum atomic E-state index is 11.9.